The summed E-state index contributed by atoms with van der Waals surface area (Å²) in [5, 5.41) is 3.84. The van der Waals surface area contributed by atoms with Crippen LogP contribution in [0.2, 0.25) is 5.02 Å². The molecule has 4 fully saturated rings. The molecule has 6 heteroatoms. The molecule has 1 amide bonds. The number of carbonyl (C=O) groups is 2. The van der Waals surface area contributed by atoms with Crippen LogP contribution in [-0.4, -0.2) is 30.1 Å². The Kier molecular flexibility index (Phi) is 5.06. The quantitative estimate of drug-likeness (QED) is 0.750. The van der Waals surface area contributed by atoms with Crippen LogP contribution in [0.5, 0.6) is 5.75 Å². The standard InChI is InChI=1S/C21H26ClNO4/c1-13(27-19(24)12-26-18-4-2-17(22)3-5-18)20(25)23-21-9-14-6-15(10-21)8-16(7-14)11-21/h2-5,13-16H,6-12H2,1H3,(H,23,25)/t13-,14?,15?,16?,21?/m0/s1. The van der Waals surface area contributed by atoms with E-state index in [9.17, 15) is 9.59 Å². The van der Waals surface area contributed by atoms with Gasteiger partial charge in [0.05, 0.1) is 0 Å². The molecule has 0 unspecified atom stereocenters. The summed E-state index contributed by atoms with van der Waals surface area (Å²) in [6, 6.07) is 6.73. The molecule has 0 aromatic heterocycles. The van der Waals surface area contributed by atoms with Crippen molar-refractivity contribution in [3.8, 4) is 5.75 Å². The summed E-state index contributed by atoms with van der Waals surface area (Å²) >= 11 is 5.81. The first-order valence-corrected chi connectivity index (χ1v) is 10.2. The van der Waals surface area contributed by atoms with Crippen molar-refractivity contribution in [2.45, 2.75) is 57.1 Å². The fourth-order valence-corrected chi connectivity index (χ4v) is 5.71. The van der Waals surface area contributed by atoms with E-state index in [-0.39, 0.29) is 18.1 Å². The van der Waals surface area contributed by atoms with E-state index < -0.39 is 12.1 Å². The van der Waals surface area contributed by atoms with Gasteiger partial charge in [-0.3, -0.25) is 4.79 Å². The number of carbonyl (C=O) groups excluding carboxylic acids is 2. The molecule has 0 saturated heterocycles. The molecule has 4 aliphatic carbocycles. The van der Waals surface area contributed by atoms with Crippen molar-refractivity contribution in [1.82, 2.24) is 5.32 Å². The number of rotatable bonds is 6. The molecule has 1 N–H and O–H groups in total. The minimum Gasteiger partial charge on any atom is -0.482 e. The van der Waals surface area contributed by atoms with Crippen molar-refractivity contribution in [1.29, 1.82) is 0 Å². The third-order valence-electron chi connectivity index (χ3n) is 6.27. The molecule has 1 atom stereocenters. The van der Waals surface area contributed by atoms with Crippen LogP contribution in [0.15, 0.2) is 24.3 Å². The number of amides is 1. The third-order valence-corrected chi connectivity index (χ3v) is 6.53. The monoisotopic (exact) mass is 391 g/mol. The average Bonchev–Trinajstić information content (AvgIpc) is 2.59. The van der Waals surface area contributed by atoms with Crippen LogP contribution in [0.4, 0.5) is 0 Å². The van der Waals surface area contributed by atoms with Crippen LogP contribution in [0.1, 0.15) is 45.4 Å². The molecule has 5 rings (SSSR count). The molecule has 0 aliphatic heterocycles. The topological polar surface area (TPSA) is 64.6 Å². The molecule has 4 bridgehead atoms. The summed E-state index contributed by atoms with van der Waals surface area (Å²) in [6.07, 6.45) is 6.37. The van der Waals surface area contributed by atoms with Gasteiger partial charge in [0.25, 0.3) is 5.91 Å². The predicted octanol–water partition coefficient (Wildman–Crippen LogP) is 3.74. The van der Waals surface area contributed by atoms with Gasteiger partial charge in [0.2, 0.25) is 0 Å². The van der Waals surface area contributed by atoms with Gasteiger partial charge in [-0.25, -0.2) is 4.79 Å². The average molecular weight is 392 g/mol. The summed E-state index contributed by atoms with van der Waals surface area (Å²) in [7, 11) is 0. The summed E-state index contributed by atoms with van der Waals surface area (Å²) in [5.41, 5.74) is -0.0771. The second-order valence-corrected chi connectivity index (χ2v) is 9.00. The lowest BCUT2D eigenvalue weighted by Crippen LogP contribution is -2.61. The maximum Gasteiger partial charge on any atom is 0.344 e. The van der Waals surface area contributed by atoms with Gasteiger partial charge < -0.3 is 14.8 Å². The van der Waals surface area contributed by atoms with E-state index in [1.54, 1.807) is 31.2 Å². The molecule has 146 valence electrons. The molecular formula is C21H26ClNO4. The van der Waals surface area contributed by atoms with Gasteiger partial charge in [-0.2, -0.15) is 0 Å². The Hall–Kier alpha value is -1.75. The molecule has 1 aromatic rings. The lowest BCUT2D eigenvalue weighted by atomic mass is 9.53. The highest BCUT2D eigenvalue weighted by molar-refractivity contribution is 6.30. The van der Waals surface area contributed by atoms with E-state index >= 15 is 0 Å². The zero-order valence-corrected chi connectivity index (χ0v) is 16.3. The zero-order chi connectivity index (χ0) is 19.0. The van der Waals surface area contributed by atoms with Crippen molar-refractivity contribution >= 4 is 23.5 Å². The van der Waals surface area contributed by atoms with E-state index in [0.29, 0.717) is 10.8 Å². The zero-order valence-electron chi connectivity index (χ0n) is 15.6. The van der Waals surface area contributed by atoms with Crippen molar-refractivity contribution in [2.24, 2.45) is 17.8 Å². The molecule has 5 nitrogen and oxygen atoms in total. The van der Waals surface area contributed by atoms with E-state index in [2.05, 4.69) is 5.32 Å². The van der Waals surface area contributed by atoms with Crippen LogP contribution in [-0.2, 0) is 14.3 Å². The third kappa shape index (κ3) is 4.23. The summed E-state index contributed by atoms with van der Waals surface area (Å²) < 4.78 is 10.6. The van der Waals surface area contributed by atoms with Gasteiger partial charge in [0.15, 0.2) is 12.7 Å². The Morgan fingerprint density at radius 2 is 1.67 bits per heavy atom. The molecule has 4 saturated carbocycles. The lowest BCUT2D eigenvalue weighted by molar-refractivity contribution is -0.158. The Bertz CT molecular complexity index is 682. The van der Waals surface area contributed by atoms with E-state index in [4.69, 9.17) is 21.1 Å². The van der Waals surface area contributed by atoms with E-state index in [1.807, 2.05) is 0 Å². The van der Waals surface area contributed by atoms with Crippen LogP contribution in [0.25, 0.3) is 0 Å². The van der Waals surface area contributed by atoms with Crippen LogP contribution in [0, 0.1) is 17.8 Å². The Morgan fingerprint density at radius 3 is 2.22 bits per heavy atom. The predicted molar refractivity (Wildman–Crippen MR) is 102 cm³/mol. The Morgan fingerprint density at radius 1 is 1.11 bits per heavy atom. The van der Waals surface area contributed by atoms with Crippen molar-refractivity contribution in [3.05, 3.63) is 29.3 Å². The van der Waals surface area contributed by atoms with Crippen LogP contribution in [0.3, 0.4) is 0 Å². The van der Waals surface area contributed by atoms with Crippen molar-refractivity contribution in [2.75, 3.05) is 6.61 Å². The minimum absolute atomic E-state index is 0.0771. The normalized spacial score (nSPS) is 32.0. The fourth-order valence-electron chi connectivity index (χ4n) is 5.58. The number of benzene rings is 1. The van der Waals surface area contributed by atoms with Gasteiger partial charge in [-0.1, -0.05) is 11.6 Å². The molecule has 27 heavy (non-hydrogen) atoms. The first-order valence-electron chi connectivity index (χ1n) is 9.81. The first-order chi connectivity index (χ1) is 12.9. The largest absolute Gasteiger partial charge is 0.482 e. The number of hydrogen-bond acceptors (Lipinski definition) is 4. The number of halogens is 1. The summed E-state index contributed by atoms with van der Waals surface area (Å²) in [4.78, 5) is 24.6. The molecular weight excluding hydrogens is 366 g/mol. The van der Waals surface area contributed by atoms with Crippen LogP contribution >= 0.6 is 11.6 Å². The maximum absolute atomic E-state index is 12.6. The van der Waals surface area contributed by atoms with Gasteiger partial charge in [0, 0.05) is 10.6 Å². The highest BCUT2D eigenvalue weighted by Crippen LogP contribution is 2.55. The second-order valence-electron chi connectivity index (χ2n) is 8.56. The summed E-state index contributed by atoms with van der Waals surface area (Å²) in [5.74, 6) is 2.03. The van der Waals surface area contributed by atoms with Crippen LogP contribution < -0.4 is 10.1 Å². The van der Waals surface area contributed by atoms with Crippen molar-refractivity contribution in [3.63, 3.8) is 0 Å². The van der Waals surface area contributed by atoms with Crippen molar-refractivity contribution < 1.29 is 19.1 Å². The molecule has 4 aliphatic rings. The van der Waals surface area contributed by atoms with E-state index in [1.165, 1.54) is 19.3 Å². The maximum atomic E-state index is 12.6. The number of nitrogens with one attached hydrogen (secondary N) is 1. The molecule has 1 aromatic carbocycles. The Balaban J connectivity index is 1.26. The Labute approximate surface area is 164 Å². The van der Waals surface area contributed by atoms with Gasteiger partial charge >= 0.3 is 5.97 Å². The SMILES string of the molecule is C[C@H](OC(=O)COc1ccc(Cl)cc1)C(=O)NC12CC3CC(CC(C3)C1)C2. The van der Waals surface area contributed by atoms with Gasteiger partial charge in [-0.05, 0) is 87.5 Å². The van der Waals surface area contributed by atoms with Gasteiger partial charge in [-0.15, -0.1) is 0 Å². The number of esters is 1. The molecule has 0 heterocycles. The first kappa shape index (κ1) is 18.6. The lowest BCUT2D eigenvalue weighted by Gasteiger charge is -2.57. The second kappa shape index (κ2) is 7.34. The molecule has 0 spiro atoms. The van der Waals surface area contributed by atoms with E-state index in [0.717, 1.165) is 37.0 Å². The molecule has 0 radical (unpaired) electrons. The number of ether oxygens (including phenoxy) is 2. The highest BCUT2D eigenvalue weighted by Gasteiger charge is 2.51. The van der Waals surface area contributed by atoms with Gasteiger partial charge in [0.1, 0.15) is 5.75 Å². The smallest absolute Gasteiger partial charge is 0.344 e. The highest BCUT2D eigenvalue weighted by atomic mass is 35.5. The fraction of sp³-hybridized carbons (Fsp3) is 0.619. The number of hydrogen-bond donors (Lipinski definition) is 1. The summed E-state index contributed by atoms with van der Waals surface area (Å²) in [6.45, 7) is 1.38. The minimum atomic E-state index is -0.820.